The van der Waals surface area contributed by atoms with Crippen LogP contribution in [-0.4, -0.2) is 30.3 Å². The van der Waals surface area contributed by atoms with Crippen LogP contribution in [0.1, 0.15) is 17.9 Å². The summed E-state index contributed by atoms with van der Waals surface area (Å²) in [6.07, 6.45) is 0.469. The number of aromatic nitrogens is 2. The molecule has 1 aromatic heterocycles. The molecule has 0 atom stereocenters. The number of hydrogen-bond donors (Lipinski definition) is 1. The smallest absolute Gasteiger partial charge is 0.227 e. The second-order valence-electron chi connectivity index (χ2n) is 5.98. The first-order valence-corrected chi connectivity index (χ1v) is 8.65. The molecule has 1 N–H and O–H groups in total. The Bertz CT molecular complexity index is 958. The van der Waals surface area contributed by atoms with E-state index in [9.17, 15) is 9.18 Å². The Labute approximate surface area is 161 Å². The molecule has 0 saturated carbocycles. The van der Waals surface area contributed by atoms with Gasteiger partial charge in [-0.25, -0.2) is 4.39 Å². The van der Waals surface area contributed by atoms with Gasteiger partial charge in [-0.05, 0) is 24.3 Å². The van der Waals surface area contributed by atoms with Crippen molar-refractivity contribution in [1.82, 2.24) is 15.5 Å². The number of ether oxygens (including phenoxy) is 2. The summed E-state index contributed by atoms with van der Waals surface area (Å²) in [5.74, 6) is 1.38. The molecule has 0 bridgehead atoms. The predicted octanol–water partition coefficient (Wildman–Crippen LogP) is 3.14. The van der Waals surface area contributed by atoms with Gasteiger partial charge in [-0.3, -0.25) is 4.79 Å². The lowest BCUT2D eigenvalue weighted by atomic mass is 10.2. The highest BCUT2D eigenvalue weighted by Gasteiger charge is 2.12. The molecule has 28 heavy (non-hydrogen) atoms. The number of nitrogens with zero attached hydrogens (tertiary/aromatic N) is 2. The summed E-state index contributed by atoms with van der Waals surface area (Å²) in [6, 6.07) is 11.3. The lowest BCUT2D eigenvalue weighted by Crippen LogP contribution is -2.23. The summed E-state index contributed by atoms with van der Waals surface area (Å²) in [5, 5.41) is 6.65. The lowest BCUT2D eigenvalue weighted by Gasteiger charge is -2.11. The number of carbonyl (C=O) groups excluding carboxylic acids is 1. The Balaban J connectivity index is 1.52. The molecule has 8 heteroatoms. The van der Waals surface area contributed by atoms with Crippen LogP contribution in [-0.2, 0) is 17.8 Å². The van der Waals surface area contributed by atoms with Crippen molar-refractivity contribution in [3.05, 3.63) is 59.7 Å². The SMILES string of the molecule is COc1ccc(CNC(=O)CCc2nc(-c3cccc(F)c3)no2)c(OC)c1. The molecule has 1 amide bonds. The summed E-state index contributed by atoms with van der Waals surface area (Å²) in [4.78, 5) is 16.3. The second-order valence-corrected chi connectivity index (χ2v) is 5.98. The Morgan fingerprint density at radius 1 is 1.18 bits per heavy atom. The molecular formula is C20H20FN3O4. The minimum atomic E-state index is -0.378. The zero-order valence-corrected chi connectivity index (χ0v) is 15.6. The third kappa shape index (κ3) is 4.85. The van der Waals surface area contributed by atoms with Crippen molar-refractivity contribution in [2.75, 3.05) is 14.2 Å². The van der Waals surface area contributed by atoms with Crippen LogP contribution >= 0.6 is 0 Å². The van der Waals surface area contributed by atoms with Crippen molar-refractivity contribution < 1.29 is 23.2 Å². The summed E-state index contributed by atoms with van der Waals surface area (Å²) in [5.41, 5.74) is 1.36. The van der Waals surface area contributed by atoms with Gasteiger partial charge in [0.15, 0.2) is 0 Å². The van der Waals surface area contributed by atoms with Crippen molar-refractivity contribution in [3.8, 4) is 22.9 Å². The molecule has 2 aromatic carbocycles. The Kier molecular flexibility index (Phi) is 6.21. The Hall–Kier alpha value is -3.42. The molecule has 3 rings (SSSR count). The molecule has 3 aromatic rings. The summed E-state index contributed by atoms with van der Waals surface area (Å²) in [7, 11) is 3.14. The lowest BCUT2D eigenvalue weighted by molar-refractivity contribution is -0.121. The summed E-state index contributed by atoms with van der Waals surface area (Å²) >= 11 is 0. The van der Waals surface area contributed by atoms with E-state index in [0.717, 1.165) is 5.56 Å². The van der Waals surface area contributed by atoms with E-state index in [1.165, 1.54) is 12.1 Å². The van der Waals surface area contributed by atoms with Gasteiger partial charge in [0.05, 0.1) is 14.2 Å². The van der Waals surface area contributed by atoms with Crippen LogP contribution in [0.4, 0.5) is 4.39 Å². The second kappa shape index (κ2) is 8.98. The van der Waals surface area contributed by atoms with Gasteiger partial charge < -0.3 is 19.3 Å². The van der Waals surface area contributed by atoms with E-state index in [4.69, 9.17) is 14.0 Å². The predicted molar refractivity (Wildman–Crippen MR) is 99.4 cm³/mol. The molecular weight excluding hydrogens is 365 g/mol. The van der Waals surface area contributed by atoms with Crippen molar-refractivity contribution >= 4 is 5.91 Å². The highest BCUT2D eigenvalue weighted by Crippen LogP contribution is 2.24. The maximum absolute atomic E-state index is 13.3. The molecule has 0 aliphatic heterocycles. The number of nitrogens with one attached hydrogen (secondary N) is 1. The number of amides is 1. The number of methoxy groups -OCH3 is 2. The van der Waals surface area contributed by atoms with Crippen LogP contribution in [0.3, 0.4) is 0 Å². The molecule has 0 fully saturated rings. The van der Waals surface area contributed by atoms with Crippen LogP contribution in [0.5, 0.6) is 11.5 Å². The zero-order chi connectivity index (χ0) is 19.9. The van der Waals surface area contributed by atoms with E-state index in [1.807, 2.05) is 6.07 Å². The molecule has 0 saturated heterocycles. The van der Waals surface area contributed by atoms with Crippen LogP contribution < -0.4 is 14.8 Å². The van der Waals surface area contributed by atoms with Crippen LogP contribution in [0, 0.1) is 5.82 Å². The topological polar surface area (TPSA) is 86.5 Å². The standard InChI is InChI=1S/C20H20FN3O4/c1-26-16-7-6-14(17(11-16)27-2)12-22-18(25)8-9-19-23-20(24-28-19)13-4-3-5-15(21)10-13/h3-7,10-11H,8-9,12H2,1-2H3,(H,22,25). The van der Waals surface area contributed by atoms with E-state index in [0.29, 0.717) is 29.5 Å². The number of carbonyl (C=O) groups is 1. The molecule has 146 valence electrons. The molecule has 0 spiro atoms. The molecule has 0 unspecified atom stereocenters. The van der Waals surface area contributed by atoms with E-state index in [2.05, 4.69) is 15.5 Å². The van der Waals surface area contributed by atoms with Gasteiger partial charge in [0.25, 0.3) is 0 Å². The van der Waals surface area contributed by atoms with Gasteiger partial charge in [-0.15, -0.1) is 0 Å². The van der Waals surface area contributed by atoms with Crippen molar-refractivity contribution in [1.29, 1.82) is 0 Å². The minimum absolute atomic E-state index is 0.164. The molecule has 1 heterocycles. The molecule has 0 aliphatic rings. The number of benzene rings is 2. The van der Waals surface area contributed by atoms with Crippen molar-refractivity contribution in [2.24, 2.45) is 0 Å². The normalized spacial score (nSPS) is 10.5. The summed E-state index contributed by atoms with van der Waals surface area (Å²) < 4.78 is 28.9. The fourth-order valence-electron chi connectivity index (χ4n) is 2.60. The third-order valence-corrected chi connectivity index (χ3v) is 4.09. The van der Waals surface area contributed by atoms with Crippen LogP contribution in [0.25, 0.3) is 11.4 Å². The number of hydrogen-bond acceptors (Lipinski definition) is 6. The highest BCUT2D eigenvalue weighted by molar-refractivity contribution is 5.76. The van der Waals surface area contributed by atoms with E-state index >= 15 is 0 Å². The monoisotopic (exact) mass is 385 g/mol. The van der Waals surface area contributed by atoms with Gasteiger partial charge in [0, 0.05) is 36.6 Å². The highest BCUT2D eigenvalue weighted by atomic mass is 19.1. The quantitative estimate of drug-likeness (QED) is 0.641. The zero-order valence-electron chi connectivity index (χ0n) is 15.6. The average Bonchev–Trinajstić information content (AvgIpc) is 3.19. The van der Waals surface area contributed by atoms with Gasteiger partial charge in [-0.1, -0.05) is 17.3 Å². The average molecular weight is 385 g/mol. The van der Waals surface area contributed by atoms with Crippen molar-refractivity contribution in [2.45, 2.75) is 19.4 Å². The van der Waals surface area contributed by atoms with Gasteiger partial charge in [-0.2, -0.15) is 4.98 Å². The van der Waals surface area contributed by atoms with E-state index in [-0.39, 0.29) is 30.4 Å². The van der Waals surface area contributed by atoms with Gasteiger partial charge >= 0.3 is 0 Å². The third-order valence-electron chi connectivity index (χ3n) is 4.09. The first-order chi connectivity index (χ1) is 13.6. The number of aryl methyl sites for hydroxylation is 1. The number of halogens is 1. The van der Waals surface area contributed by atoms with Crippen LogP contribution in [0.2, 0.25) is 0 Å². The number of rotatable bonds is 8. The molecule has 0 radical (unpaired) electrons. The fourth-order valence-corrected chi connectivity index (χ4v) is 2.60. The van der Waals surface area contributed by atoms with Gasteiger partial charge in [0.1, 0.15) is 17.3 Å². The van der Waals surface area contributed by atoms with E-state index < -0.39 is 0 Å². The molecule has 7 nitrogen and oxygen atoms in total. The first kappa shape index (κ1) is 19.3. The fraction of sp³-hybridized carbons (Fsp3) is 0.250. The minimum Gasteiger partial charge on any atom is -0.497 e. The first-order valence-electron chi connectivity index (χ1n) is 8.65. The maximum atomic E-state index is 13.3. The Morgan fingerprint density at radius 2 is 2.04 bits per heavy atom. The maximum Gasteiger partial charge on any atom is 0.227 e. The van der Waals surface area contributed by atoms with Crippen LogP contribution in [0.15, 0.2) is 47.0 Å². The Morgan fingerprint density at radius 3 is 2.79 bits per heavy atom. The molecule has 0 aliphatic carbocycles. The van der Waals surface area contributed by atoms with E-state index in [1.54, 1.807) is 38.5 Å². The van der Waals surface area contributed by atoms with Gasteiger partial charge in [0.2, 0.25) is 17.6 Å². The van der Waals surface area contributed by atoms with Crippen molar-refractivity contribution in [3.63, 3.8) is 0 Å². The summed E-state index contributed by atoms with van der Waals surface area (Å²) in [6.45, 7) is 0.324. The largest absolute Gasteiger partial charge is 0.497 e.